The van der Waals surface area contributed by atoms with E-state index in [1.807, 2.05) is 30.3 Å². The highest BCUT2D eigenvalue weighted by molar-refractivity contribution is 5.79. The molecule has 0 aromatic heterocycles. The van der Waals surface area contributed by atoms with Gasteiger partial charge in [0.05, 0.1) is 0 Å². The molecule has 0 spiro atoms. The summed E-state index contributed by atoms with van der Waals surface area (Å²) < 4.78 is 11.2. The van der Waals surface area contributed by atoms with Crippen LogP contribution in [0.1, 0.15) is 38.5 Å². The first-order chi connectivity index (χ1) is 14.2. The maximum absolute atomic E-state index is 11.9. The molecule has 1 aliphatic carbocycles. The van der Waals surface area contributed by atoms with E-state index in [4.69, 9.17) is 9.47 Å². The second-order valence-electron chi connectivity index (χ2n) is 7.18. The molecule has 1 aliphatic rings. The van der Waals surface area contributed by atoms with Gasteiger partial charge in [0.1, 0.15) is 17.2 Å². The maximum Gasteiger partial charge on any atom is 0.257 e. The number of benzene rings is 2. The van der Waals surface area contributed by atoms with E-state index in [0.29, 0.717) is 24.1 Å². The van der Waals surface area contributed by atoms with Gasteiger partial charge in [-0.05, 0) is 49.2 Å². The van der Waals surface area contributed by atoms with Crippen LogP contribution in [0.25, 0.3) is 0 Å². The van der Waals surface area contributed by atoms with E-state index >= 15 is 0 Å². The van der Waals surface area contributed by atoms with Crippen molar-refractivity contribution in [2.45, 2.75) is 44.6 Å². The number of hydrogen-bond donors (Lipinski definition) is 2. The summed E-state index contributed by atoms with van der Waals surface area (Å²) in [6.07, 6.45) is 6.01. The molecule has 2 aromatic rings. The number of hydrogen-bond acceptors (Lipinski definition) is 4. The van der Waals surface area contributed by atoms with E-state index in [9.17, 15) is 9.59 Å². The molecule has 1 fully saturated rings. The highest BCUT2D eigenvalue weighted by Gasteiger charge is 2.15. The minimum Gasteiger partial charge on any atom is -0.484 e. The highest BCUT2D eigenvalue weighted by Crippen LogP contribution is 2.23. The predicted octanol–water partition coefficient (Wildman–Crippen LogP) is 3.81. The molecular weight excluding hydrogens is 368 g/mol. The van der Waals surface area contributed by atoms with Gasteiger partial charge in [0.15, 0.2) is 6.61 Å². The molecule has 0 atom stereocenters. The highest BCUT2D eigenvalue weighted by atomic mass is 16.5. The molecule has 0 heterocycles. The van der Waals surface area contributed by atoms with Gasteiger partial charge in [0.2, 0.25) is 5.91 Å². The van der Waals surface area contributed by atoms with Crippen molar-refractivity contribution in [2.75, 3.05) is 13.2 Å². The number of amides is 2. The standard InChI is InChI=1S/C23H28N2O4/c26-22(25-18-7-3-1-4-8-18)15-16-24-23(27)17-28-19-11-13-21(14-12-19)29-20-9-5-2-6-10-20/h2,5-6,9-14,18H,1,3-4,7-8,15-17H2,(H,24,27)(H,25,26). The summed E-state index contributed by atoms with van der Waals surface area (Å²) in [6.45, 7) is 0.216. The summed E-state index contributed by atoms with van der Waals surface area (Å²) >= 11 is 0. The SMILES string of the molecule is O=C(COc1ccc(Oc2ccccc2)cc1)NCCC(=O)NC1CCCCC1. The quantitative estimate of drug-likeness (QED) is 0.676. The monoisotopic (exact) mass is 396 g/mol. The Balaban J connectivity index is 1.31. The molecule has 6 nitrogen and oxygen atoms in total. The third-order valence-electron chi connectivity index (χ3n) is 4.82. The third-order valence-corrected chi connectivity index (χ3v) is 4.82. The lowest BCUT2D eigenvalue weighted by Gasteiger charge is -2.22. The molecule has 6 heteroatoms. The van der Waals surface area contributed by atoms with Crippen LogP contribution in [0, 0.1) is 0 Å². The number of carbonyl (C=O) groups is 2. The van der Waals surface area contributed by atoms with Crippen LogP contribution in [-0.2, 0) is 9.59 Å². The van der Waals surface area contributed by atoms with E-state index < -0.39 is 0 Å². The first-order valence-electron chi connectivity index (χ1n) is 10.2. The van der Waals surface area contributed by atoms with Crippen molar-refractivity contribution < 1.29 is 19.1 Å². The van der Waals surface area contributed by atoms with Gasteiger partial charge in [-0.25, -0.2) is 0 Å². The van der Waals surface area contributed by atoms with Gasteiger partial charge in [-0.3, -0.25) is 9.59 Å². The van der Waals surface area contributed by atoms with Crippen molar-refractivity contribution in [1.82, 2.24) is 10.6 Å². The molecule has 2 amide bonds. The fraction of sp³-hybridized carbons (Fsp3) is 0.391. The number of rotatable bonds is 9. The van der Waals surface area contributed by atoms with Crippen molar-refractivity contribution in [3.8, 4) is 17.2 Å². The van der Waals surface area contributed by atoms with Crippen LogP contribution in [0.2, 0.25) is 0 Å². The lowest BCUT2D eigenvalue weighted by molar-refractivity contribution is -0.123. The Labute approximate surface area is 171 Å². The fourth-order valence-corrected chi connectivity index (χ4v) is 3.29. The van der Waals surface area contributed by atoms with Crippen LogP contribution in [-0.4, -0.2) is 31.0 Å². The molecule has 2 aromatic carbocycles. The van der Waals surface area contributed by atoms with Crippen LogP contribution in [0.4, 0.5) is 0 Å². The Morgan fingerprint density at radius 3 is 2.21 bits per heavy atom. The fourth-order valence-electron chi connectivity index (χ4n) is 3.29. The molecule has 0 saturated heterocycles. The van der Waals surface area contributed by atoms with Crippen LogP contribution >= 0.6 is 0 Å². The average molecular weight is 396 g/mol. The van der Waals surface area contributed by atoms with Crippen molar-refractivity contribution in [1.29, 1.82) is 0 Å². The van der Waals surface area contributed by atoms with Gasteiger partial charge >= 0.3 is 0 Å². The summed E-state index contributed by atoms with van der Waals surface area (Å²) in [4.78, 5) is 23.8. The molecule has 1 saturated carbocycles. The minimum atomic E-state index is -0.250. The minimum absolute atomic E-state index is 0.00729. The normalized spacial score (nSPS) is 14.1. The van der Waals surface area contributed by atoms with Crippen LogP contribution < -0.4 is 20.1 Å². The second-order valence-corrected chi connectivity index (χ2v) is 7.18. The number of carbonyl (C=O) groups excluding carboxylic acids is 2. The average Bonchev–Trinajstić information content (AvgIpc) is 2.75. The lowest BCUT2D eigenvalue weighted by Crippen LogP contribution is -2.38. The Kier molecular flexibility index (Phi) is 7.92. The van der Waals surface area contributed by atoms with Crippen molar-refractivity contribution in [3.63, 3.8) is 0 Å². The molecule has 29 heavy (non-hydrogen) atoms. The van der Waals surface area contributed by atoms with E-state index in [2.05, 4.69) is 10.6 Å². The van der Waals surface area contributed by atoms with Crippen molar-refractivity contribution >= 4 is 11.8 Å². The van der Waals surface area contributed by atoms with Gasteiger partial charge in [0.25, 0.3) is 5.91 Å². The zero-order chi connectivity index (χ0) is 20.3. The molecular formula is C23H28N2O4. The van der Waals surface area contributed by atoms with Gasteiger partial charge in [-0.15, -0.1) is 0 Å². The molecule has 3 rings (SSSR count). The van der Waals surface area contributed by atoms with Crippen molar-refractivity contribution in [3.05, 3.63) is 54.6 Å². The lowest BCUT2D eigenvalue weighted by atomic mass is 9.95. The van der Waals surface area contributed by atoms with E-state index in [1.54, 1.807) is 24.3 Å². The number of nitrogens with one attached hydrogen (secondary N) is 2. The van der Waals surface area contributed by atoms with Crippen LogP contribution in [0.3, 0.4) is 0 Å². The Morgan fingerprint density at radius 1 is 0.828 bits per heavy atom. The topological polar surface area (TPSA) is 76.7 Å². The first-order valence-corrected chi connectivity index (χ1v) is 10.2. The first kappa shape index (κ1) is 20.7. The summed E-state index contributed by atoms with van der Waals surface area (Å²) in [7, 11) is 0. The molecule has 2 N–H and O–H groups in total. The molecule has 0 unspecified atom stereocenters. The third kappa shape index (κ3) is 7.49. The van der Waals surface area contributed by atoms with E-state index in [0.717, 1.165) is 18.6 Å². The molecule has 154 valence electrons. The summed E-state index contributed by atoms with van der Waals surface area (Å²) in [6, 6.07) is 16.9. The van der Waals surface area contributed by atoms with Gasteiger partial charge in [-0.2, -0.15) is 0 Å². The van der Waals surface area contributed by atoms with Gasteiger partial charge < -0.3 is 20.1 Å². The predicted molar refractivity (Wildman–Crippen MR) is 111 cm³/mol. The summed E-state index contributed by atoms with van der Waals surface area (Å²) in [5.74, 6) is 1.77. The van der Waals surface area contributed by atoms with Gasteiger partial charge in [-0.1, -0.05) is 37.5 Å². The number of para-hydroxylation sites is 1. The van der Waals surface area contributed by atoms with Crippen LogP contribution in [0.15, 0.2) is 54.6 Å². The Morgan fingerprint density at radius 2 is 1.48 bits per heavy atom. The van der Waals surface area contributed by atoms with Crippen LogP contribution in [0.5, 0.6) is 17.2 Å². The summed E-state index contributed by atoms with van der Waals surface area (Å²) in [5, 5.41) is 5.76. The largest absolute Gasteiger partial charge is 0.484 e. The van der Waals surface area contributed by atoms with Crippen molar-refractivity contribution in [2.24, 2.45) is 0 Å². The molecule has 0 aliphatic heterocycles. The molecule has 0 bridgehead atoms. The Hall–Kier alpha value is -3.02. The maximum atomic E-state index is 11.9. The Bertz CT molecular complexity index is 771. The second kappa shape index (κ2) is 11.1. The zero-order valence-corrected chi connectivity index (χ0v) is 16.6. The summed E-state index contributed by atoms with van der Waals surface area (Å²) in [5.41, 5.74) is 0. The van der Waals surface area contributed by atoms with E-state index in [-0.39, 0.29) is 24.8 Å². The zero-order valence-electron chi connectivity index (χ0n) is 16.6. The molecule has 0 radical (unpaired) electrons. The van der Waals surface area contributed by atoms with Gasteiger partial charge in [0, 0.05) is 19.0 Å². The number of ether oxygens (including phenoxy) is 2. The van der Waals surface area contributed by atoms with E-state index in [1.165, 1.54) is 19.3 Å². The smallest absolute Gasteiger partial charge is 0.257 e.